The Kier molecular flexibility index (Phi) is 5.74. The normalized spacial score (nSPS) is 16.2. The highest BCUT2D eigenvalue weighted by atomic mass is 19.4. The molecular weight excluding hydrogens is 227 g/mol. The minimum Gasteiger partial charge on any atom is -0.481 e. The Morgan fingerprint density at radius 2 is 1.88 bits per heavy atom. The van der Waals surface area contributed by atoms with Gasteiger partial charge in [0, 0.05) is 13.1 Å². The second kappa shape index (κ2) is 6.05. The van der Waals surface area contributed by atoms with Crippen molar-refractivity contribution in [2.24, 2.45) is 5.92 Å². The first-order valence-electron chi connectivity index (χ1n) is 4.88. The van der Waals surface area contributed by atoms with E-state index < -0.39 is 30.7 Å². The van der Waals surface area contributed by atoms with Gasteiger partial charge in [0.25, 0.3) is 0 Å². The number of likely N-dealkylation sites (N-methyl/N-ethyl adjacent to an activating group) is 1. The van der Waals surface area contributed by atoms with Crippen LogP contribution in [0.2, 0.25) is 0 Å². The van der Waals surface area contributed by atoms with E-state index in [0.29, 0.717) is 0 Å². The number of aliphatic hydroxyl groups excluding tert-OH is 1. The maximum Gasteiger partial charge on any atom is 0.415 e. The number of alkyl halides is 3. The Bertz CT molecular complexity index is 233. The second-order valence-corrected chi connectivity index (χ2v) is 3.65. The quantitative estimate of drug-likeness (QED) is 0.729. The Balaban J connectivity index is 4.26. The van der Waals surface area contributed by atoms with E-state index in [9.17, 15) is 18.0 Å². The number of carboxylic acids is 1. The summed E-state index contributed by atoms with van der Waals surface area (Å²) in [6.07, 6.45) is -7.10. The largest absolute Gasteiger partial charge is 0.481 e. The summed E-state index contributed by atoms with van der Waals surface area (Å²) in [6, 6.07) is 0. The molecule has 0 aliphatic rings. The van der Waals surface area contributed by atoms with Gasteiger partial charge in [-0.15, -0.1) is 0 Å². The lowest BCUT2D eigenvalue weighted by Gasteiger charge is -2.26. The van der Waals surface area contributed by atoms with Gasteiger partial charge < -0.3 is 10.2 Å². The number of halogens is 3. The van der Waals surface area contributed by atoms with Crippen LogP contribution in [0.4, 0.5) is 13.2 Å². The minimum atomic E-state index is -4.67. The molecule has 16 heavy (non-hydrogen) atoms. The molecule has 2 atom stereocenters. The number of carboxylic acid groups (broad SMARTS) is 1. The predicted octanol–water partition coefficient (Wildman–Crippen LogP) is 0.952. The molecule has 0 saturated carbocycles. The Hall–Kier alpha value is -0.820. The number of nitrogens with zero attached hydrogens (tertiary/aromatic N) is 1. The van der Waals surface area contributed by atoms with Crippen LogP contribution in [-0.2, 0) is 4.79 Å². The first-order valence-corrected chi connectivity index (χ1v) is 4.88. The van der Waals surface area contributed by atoms with Crippen LogP contribution in [0.15, 0.2) is 0 Å². The van der Waals surface area contributed by atoms with E-state index in [4.69, 9.17) is 10.2 Å². The van der Waals surface area contributed by atoms with Crippen LogP contribution in [0, 0.1) is 5.92 Å². The zero-order chi connectivity index (χ0) is 12.9. The van der Waals surface area contributed by atoms with Crippen LogP contribution in [-0.4, -0.2) is 53.0 Å². The average Bonchev–Trinajstić information content (AvgIpc) is 2.14. The summed E-state index contributed by atoms with van der Waals surface area (Å²) in [5.41, 5.74) is 0. The van der Waals surface area contributed by atoms with Crippen molar-refractivity contribution in [2.45, 2.75) is 26.1 Å². The van der Waals surface area contributed by atoms with Gasteiger partial charge in [0.05, 0.1) is 5.92 Å². The van der Waals surface area contributed by atoms with Crippen LogP contribution in [0.5, 0.6) is 0 Å². The predicted molar refractivity (Wildman–Crippen MR) is 51.0 cm³/mol. The summed E-state index contributed by atoms with van der Waals surface area (Å²) in [7, 11) is 0. The number of hydrogen-bond acceptors (Lipinski definition) is 3. The maximum atomic E-state index is 12.0. The van der Waals surface area contributed by atoms with Gasteiger partial charge in [-0.05, 0) is 6.54 Å². The van der Waals surface area contributed by atoms with Gasteiger partial charge in [-0.1, -0.05) is 13.8 Å². The van der Waals surface area contributed by atoms with E-state index in [1.807, 2.05) is 0 Å². The second-order valence-electron chi connectivity index (χ2n) is 3.65. The van der Waals surface area contributed by atoms with Gasteiger partial charge in [0.1, 0.15) is 0 Å². The summed E-state index contributed by atoms with van der Waals surface area (Å²) in [5.74, 6) is -1.83. The van der Waals surface area contributed by atoms with E-state index in [1.54, 1.807) is 6.92 Å². The summed E-state index contributed by atoms with van der Waals surface area (Å²) in [5, 5.41) is 17.4. The van der Waals surface area contributed by atoms with Crippen LogP contribution in [0.25, 0.3) is 0 Å². The maximum absolute atomic E-state index is 12.0. The molecule has 0 fully saturated rings. The molecule has 2 unspecified atom stereocenters. The monoisotopic (exact) mass is 243 g/mol. The van der Waals surface area contributed by atoms with Crippen LogP contribution < -0.4 is 0 Å². The third-order valence-electron chi connectivity index (χ3n) is 2.21. The van der Waals surface area contributed by atoms with Gasteiger partial charge in [0.15, 0.2) is 6.10 Å². The van der Waals surface area contributed by atoms with Gasteiger partial charge in [-0.2, -0.15) is 13.2 Å². The highest BCUT2D eigenvalue weighted by molar-refractivity contribution is 5.69. The van der Waals surface area contributed by atoms with E-state index in [2.05, 4.69) is 0 Å². The fraction of sp³-hybridized carbons (Fsp3) is 0.889. The third kappa shape index (κ3) is 5.32. The van der Waals surface area contributed by atoms with E-state index in [-0.39, 0.29) is 13.1 Å². The Morgan fingerprint density at radius 3 is 2.19 bits per heavy atom. The number of aliphatic hydroxyl groups is 1. The van der Waals surface area contributed by atoms with Crippen molar-refractivity contribution in [2.75, 3.05) is 19.6 Å². The van der Waals surface area contributed by atoms with E-state index in [0.717, 1.165) is 0 Å². The highest BCUT2D eigenvalue weighted by Gasteiger charge is 2.39. The van der Waals surface area contributed by atoms with Crippen molar-refractivity contribution in [3.8, 4) is 0 Å². The lowest BCUT2D eigenvalue weighted by Crippen LogP contribution is -2.43. The van der Waals surface area contributed by atoms with Crippen molar-refractivity contribution >= 4 is 5.97 Å². The molecule has 7 heteroatoms. The minimum absolute atomic E-state index is 0.0149. The summed E-state index contributed by atoms with van der Waals surface area (Å²) in [4.78, 5) is 11.8. The molecule has 0 aromatic carbocycles. The molecule has 0 aromatic rings. The van der Waals surface area contributed by atoms with Gasteiger partial charge in [0.2, 0.25) is 0 Å². The SMILES string of the molecule is CCN(CC(C)C(=O)O)CC(O)C(F)(F)F. The lowest BCUT2D eigenvalue weighted by atomic mass is 10.1. The molecule has 0 amide bonds. The molecule has 0 spiro atoms. The average molecular weight is 243 g/mol. The summed E-state index contributed by atoms with van der Waals surface area (Å²) < 4.78 is 36.1. The molecule has 0 rings (SSSR count). The highest BCUT2D eigenvalue weighted by Crippen LogP contribution is 2.20. The standard InChI is InChI=1S/C9H16F3NO3/c1-3-13(4-6(2)8(15)16)5-7(14)9(10,11)12/h6-7,14H,3-5H2,1-2H3,(H,15,16). The van der Waals surface area contributed by atoms with Gasteiger partial charge in [-0.25, -0.2) is 0 Å². The summed E-state index contributed by atoms with van der Waals surface area (Å²) in [6.45, 7) is 2.66. The van der Waals surface area contributed by atoms with Crippen molar-refractivity contribution in [3.05, 3.63) is 0 Å². The van der Waals surface area contributed by atoms with Crippen molar-refractivity contribution in [1.29, 1.82) is 0 Å². The van der Waals surface area contributed by atoms with E-state index in [1.165, 1.54) is 11.8 Å². The first-order chi connectivity index (χ1) is 7.18. The number of hydrogen-bond donors (Lipinski definition) is 2. The topological polar surface area (TPSA) is 60.8 Å². The molecule has 0 heterocycles. The van der Waals surface area contributed by atoms with Crippen LogP contribution in [0.1, 0.15) is 13.8 Å². The molecule has 2 N–H and O–H groups in total. The molecule has 0 radical (unpaired) electrons. The molecular formula is C9H16F3NO3. The smallest absolute Gasteiger partial charge is 0.415 e. The fourth-order valence-electron chi connectivity index (χ4n) is 1.15. The van der Waals surface area contributed by atoms with Crippen molar-refractivity contribution in [3.63, 3.8) is 0 Å². The molecule has 0 aromatic heterocycles. The molecule has 0 bridgehead atoms. The van der Waals surface area contributed by atoms with Gasteiger partial charge >= 0.3 is 12.1 Å². The van der Waals surface area contributed by atoms with Gasteiger partial charge in [-0.3, -0.25) is 9.69 Å². The fourth-order valence-corrected chi connectivity index (χ4v) is 1.15. The van der Waals surface area contributed by atoms with Crippen LogP contribution in [0.3, 0.4) is 0 Å². The number of carbonyl (C=O) groups is 1. The van der Waals surface area contributed by atoms with Crippen molar-refractivity contribution < 1.29 is 28.2 Å². The number of aliphatic carboxylic acids is 1. The molecule has 0 aliphatic heterocycles. The third-order valence-corrected chi connectivity index (χ3v) is 2.21. The lowest BCUT2D eigenvalue weighted by molar-refractivity contribution is -0.208. The van der Waals surface area contributed by atoms with E-state index >= 15 is 0 Å². The molecule has 0 saturated heterocycles. The zero-order valence-electron chi connectivity index (χ0n) is 9.16. The Morgan fingerprint density at radius 1 is 1.38 bits per heavy atom. The molecule has 4 nitrogen and oxygen atoms in total. The molecule has 96 valence electrons. The summed E-state index contributed by atoms with van der Waals surface area (Å²) >= 11 is 0. The molecule has 0 aliphatic carbocycles. The Labute approximate surface area is 91.7 Å². The van der Waals surface area contributed by atoms with Crippen LogP contribution >= 0.6 is 0 Å². The number of rotatable bonds is 6. The van der Waals surface area contributed by atoms with Crippen molar-refractivity contribution in [1.82, 2.24) is 4.90 Å². The first kappa shape index (κ1) is 15.2. The zero-order valence-corrected chi connectivity index (χ0v) is 9.16.